The first-order chi connectivity index (χ1) is 12.4. The van der Waals surface area contributed by atoms with E-state index in [-0.39, 0.29) is 5.91 Å². The summed E-state index contributed by atoms with van der Waals surface area (Å²) >= 11 is 3.37. The lowest BCUT2D eigenvalue weighted by atomic mass is 10.0. The number of nitrogens with zero attached hydrogens (tertiary/aromatic N) is 1. The molecule has 0 spiro atoms. The molecule has 0 radical (unpaired) electrons. The van der Waals surface area contributed by atoms with Crippen LogP contribution in [0.4, 0.5) is 0 Å². The van der Waals surface area contributed by atoms with Crippen molar-refractivity contribution in [2.45, 2.75) is 25.8 Å². The molecule has 2 N–H and O–H groups in total. The van der Waals surface area contributed by atoms with Crippen LogP contribution in [0.5, 0.6) is 5.75 Å². The van der Waals surface area contributed by atoms with E-state index in [9.17, 15) is 9.59 Å². The Kier molecular flexibility index (Phi) is 7.21. The van der Waals surface area contributed by atoms with Gasteiger partial charge < -0.3 is 15.4 Å². The zero-order chi connectivity index (χ0) is 19.1. The van der Waals surface area contributed by atoms with Gasteiger partial charge in [-0.05, 0) is 48.4 Å². The van der Waals surface area contributed by atoms with Crippen LogP contribution < -0.4 is 10.5 Å². The van der Waals surface area contributed by atoms with Crippen LogP contribution in [0.2, 0.25) is 0 Å². The third-order valence-electron chi connectivity index (χ3n) is 4.01. The average Bonchev–Trinajstić information content (AvgIpc) is 2.62. The number of likely N-dealkylation sites (N-methyl/N-ethyl adjacent to an activating group) is 1. The predicted octanol–water partition coefficient (Wildman–Crippen LogP) is 3.93. The van der Waals surface area contributed by atoms with Gasteiger partial charge in [0.25, 0.3) is 5.91 Å². The van der Waals surface area contributed by atoms with Crippen LogP contribution in [0.3, 0.4) is 0 Å². The highest BCUT2D eigenvalue weighted by Crippen LogP contribution is 2.24. The topological polar surface area (TPSA) is 72.6 Å². The first-order valence-corrected chi connectivity index (χ1v) is 9.28. The molecule has 0 heterocycles. The van der Waals surface area contributed by atoms with E-state index in [1.807, 2.05) is 6.07 Å². The second-order valence-electron chi connectivity index (χ2n) is 6.00. The van der Waals surface area contributed by atoms with Crippen molar-refractivity contribution in [1.82, 2.24) is 4.90 Å². The summed E-state index contributed by atoms with van der Waals surface area (Å²) in [6, 6.07) is 13.3. The summed E-state index contributed by atoms with van der Waals surface area (Å²) in [7, 11) is 1.57. The zero-order valence-corrected chi connectivity index (χ0v) is 16.5. The van der Waals surface area contributed by atoms with Crippen molar-refractivity contribution < 1.29 is 14.3 Å². The van der Waals surface area contributed by atoms with E-state index in [1.165, 1.54) is 4.90 Å². The van der Waals surface area contributed by atoms with E-state index in [2.05, 4.69) is 22.9 Å². The normalized spacial score (nSPS) is 11.7. The van der Waals surface area contributed by atoms with Crippen molar-refractivity contribution in [3.05, 3.63) is 64.1 Å². The van der Waals surface area contributed by atoms with E-state index < -0.39 is 11.9 Å². The molecule has 0 aliphatic rings. The Morgan fingerprint density at radius 3 is 2.46 bits per heavy atom. The molecule has 138 valence electrons. The average molecular weight is 419 g/mol. The number of hydrogen-bond donors (Lipinski definition) is 1. The molecule has 0 saturated heterocycles. The number of amides is 2. The quantitative estimate of drug-likeness (QED) is 0.659. The van der Waals surface area contributed by atoms with E-state index >= 15 is 0 Å². The number of halogens is 1. The number of nitrogens with two attached hydrogens (primary N) is 1. The van der Waals surface area contributed by atoms with Gasteiger partial charge in [0.05, 0.1) is 6.61 Å². The van der Waals surface area contributed by atoms with Crippen molar-refractivity contribution in [1.29, 1.82) is 0 Å². The van der Waals surface area contributed by atoms with Crippen LogP contribution >= 0.6 is 15.9 Å². The molecular formula is C20H23BrN2O3. The van der Waals surface area contributed by atoms with Crippen molar-refractivity contribution in [2.75, 3.05) is 13.7 Å². The van der Waals surface area contributed by atoms with Crippen LogP contribution in [0.1, 0.15) is 41.7 Å². The monoisotopic (exact) mass is 418 g/mol. The molecule has 1 atom stereocenters. The fraction of sp³-hybridized carbons (Fsp3) is 0.300. The van der Waals surface area contributed by atoms with E-state index in [0.29, 0.717) is 17.7 Å². The summed E-state index contributed by atoms with van der Waals surface area (Å²) in [6.07, 6.45) is 2.04. The Bertz CT molecular complexity index is 762. The Labute approximate surface area is 162 Å². The third kappa shape index (κ3) is 5.08. The molecule has 5 nitrogen and oxygen atoms in total. The summed E-state index contributed by atoms with van der Waals surface area (Å²) in [5.74, 6) is -0.150. The van der Waals surface area contributed by atoms with Gasteiger partial charge in [-0.15, -0.1) is 0 Å². The van der Waals surface area contributed by atoms with Crippen molar-refractivity contribution in [3.63, 3.8) is 0 Å². The SMILES string of the molecule is CCCCOc1ccc(C(=O)N(C)[C@@H](C(N)=O)c2cccc(Br)c2)cc1. The highest BCUT2D eigenvalue weighted by atomic mass is 79.9. The molecule has 6 heteroatoms. The molecule has 0 bridgehead atoms. The van der Waals surface area contributed by atoms with Gasteiger partial charge in [0.1, 0.15) is 11.8 Å². The molecule has 2 amide bonds. The smallest absolute Gasteiger partial charge is 0.254 e. The highest BCUT2D eigenvalue weighted by molar-refractivity contribution is 9.10. The molecule has 0 aromatic heterocycles. The van der Waals surface area contributed by atoms with E-state index in [1.54, 1.807) is 49.5 Å². The minimum Gasteiger partial charge on any atom is -0.494 e. The molecule has 0 fully saturated rings. The van der Waals surface area contributed by atoms with Crippen LogP contribution in [0, 0.1) is 0 Å². The van der Waals surface area contributed by atoms with E-state index in [0.717, 1.165) is 23.1 Å². The first kappa shape index (κ1) is 20.0. The summed E-state index contributed by atoms with van der Waals surface area (Å²) < 4.78 is 6.42. The molecule has 0 aliphatic heterocycles. The second-order valence-corrected chi connectivity index (χ2v) is 6.92. The van der Waals surface area contributed by atoms with Crippen molar-refractivity contribution in [2.24, 2.45) is 5.73 Å². The highest BCUT2D eigenvalue weighted by Gasteiger charge is 2.27. The minimum absolute atomic E-state index is 0.283. The largest absolute Gasteiger partial charge is 0.494 e. The van der Waals surface area contributed by atoms with Crippen molar-refractivity contribution in [3.8, 4) is 5.75 Å². The third-order valence-corrected chi connectivity index (χ3v) is 4.50. The Hall–Kier alpha value is -2.34. The van der Waals surface area contributed by atoms with Gasteiger partial charge in [-0.1, -0.05) is 41.4 Å². The fourth-order valence-corrected chi connectivity index (χ4v) is 3.02. The lowest BCUT2D eigenvalue weighted by molar-refractivity contribution is -0.122. The Balaban J connectivity index is 2.17. The molecular weight excluding hydrogens is 396 g/mol. The van der Waals surface area contributed by atoms with E-state index in [4.69, 9.17) is 10.5 Å². The summed E-state index contributed by atoms with van der Waals surface area (Å²) in [6.45, 7) is 2.75. The van der Waals surface area contributed by atoms with Gasteiger partial charge in [0.2, 0.25) is 5.91 Å². The zero-order valence-electron chi connectivity index (χ0n) is 14.9. The molecule has 0 aliphatic carbocycles. The van der Waals surface area contributed by atoms with Gasteiger partial charge in [0, 0.05) is 17.1 Å². The number of primary amides is 1. The maximum absolute atomic E-state index is 12.8. The summed E-state index contributed by atoms with van der Waals surface area (Å²) in [5, 5.41) is 0. The number of carbonyl (C=O) groups is 2. The Morgan fingerprint density at radius 2 is 1.88 bits per heavy atom. The molecule has 2 aromatic carbocycles. The first-order valence-electron chi connectivity index (χ1n) is 8.48. The number of benzene rings is 2. The number of unbranched alkanes of at least 4 members (excludes halogenated alkanes) is 1. The van der Waals surface area contributed by atoms with Gasteiger partial charge in [-0.3, -0.25) is 9.59 Å². The Morgan fingerprint density at radius 1 is 1.19 bits per heavy atom. The molecule has 2 rings (SSSR count). The molecule has 0 saturated carbocycles. The molecule has 26 heavy (non-hydrogen) atoms. The maximum Gasteiger partial charge on any atom is 0.254 e. The number of hydrogen-bond acceptors (Lipinski definition) is 3. The maximum atomic E-state index is 12.8. The minimum atomic E-state index is -0.847. The van der Waals surface area contributed by atoms with Gasteiger partial charge in [-0.25, -0.2) is 0 Å². The standard InChI is InChI=1S/C20H23BrN2O3/c1-3-4-12-26-17-10-8-14(9-11-17)20(25)23(2)18(19(22)24)15-6-5-7-16(21)13-15/h5-11,13,18H,3-4,12H2,1-2H3,(H2,22,24)/t18-/m1/s1. The number of carbonyl (C=O) groups excluding carboxylic acids is 2. The summed E-state index contributed by atoms with van der Waals surface area (Å²) in [4.78, 5) is 26.1. The lowest BCUT2D eigenvalue weighted by Crippen LogP contribution is -2.39. The molecule has 2 aromatic rings. The van der Waals surface area contributed by atoms with Gasteiger partial charge in [0.15, 0.2) is 0 Å². The van der Waals surface area contributed by atoms with Gasteiger partial charge in [-0.2, -0.15) is 0 Å². The summed E-state index contributed by atoms with van der Waals surface area (Å²) in [5.41, 5.74) is 6.68. The van der Waals surface area contributed by atoms with Crippen LogP contribution in [0.25, 0.3) is 0 Å². The lowest BCUT2D eigenvalue weighted by Gasteiger charge is -2.26. The van der Waals surface area contributed by atoms with Crippen LogP contribution in [-0.4, -0.2) is 30.4 Å². The number of rotatable bonds is 8. The van der Waals surface area contributed by atoms with Crippen molar-refractivity contribution >= 4 is 27.7 Å². The molecule has 0 unspecified atom stereocenters. The van der Waals surface area contributed by atoms with Crippen LogP contribution in [-0.2, 0) is 4.79 Å². The van der Waals surface area contributed by atoms with Gasteiger partial charge >= 0.3 is 0 Å². The predicted molar refractivity (Wildman–Crippen MR) is 105 cm³/mol. The fourth-order valence-electron chi connectivity index (χ4n) is 2.60. The number of ether oxygens (including phenoxy) is 1. The van der Waals surface area contributed by atoms with Crippen LogP contribution in [0.15, 0.2) is 53.0 Å². The second kappa shape index (κ2) is 9.38.